The molecule has 3 nitrogen and oxygen atoms in total. The number of rotatable bonds is 7. The summed E-state index contributed by atoms with van der Waals surface area (Å²) in [5.41, 5.74) is 0. The van der Waals surface area contributed by atoms with Crippen LogP contribution < -0.4 is 5.32 Å². The SMILES string of the molecule is CNC1CCC(C(C)C)CC1S(=O)CCCOC. The molecule has 4 unspecified atom stereocenters. The van der Waals surface area contributed by atoms with Gasteiger partial charge in [-0.15, -0.1) is 0 Å². The summed E-state index contributed by atoms with van der Waals surface area (Å²) in [4.78, 5) is 0. The van der Waals surface area contributed by atoms with Crippen LogP contribution in [0.25, 0.3) is 0 Å². The van der Waals surface area contributed by atoms with Gasteiger partial charge in [-0.05, 0) is 44.6 Å². The maximum Gasteiger partial charge on any atom is 0.0503 e. The second kappa shape index (κ2) is 8.28. The van der Waals surface area contributed by atoms with Gasteiger partial charge < -0.3 is 10.1 Å². The molecule has 0 saturated heterocycles. The molecule has 4 atom stereocenters. The lowest BCUT2D eigenvalue weighted by Gasteiger charge is -2.37. The van der Waals surface area contributed by atoms with Crippen molar-refractivity contribution in [2.24, 2.45) is 11.8 Å². The van der Waals surface area contributed by atoms with Crippen molar-refractivity contribution in [1.29, 1.82) is 0 Å². The van der Waals surface area contributed by atoms with Crippen LogP contribution in [0.4, 0.5) is 0 Å². The Bertz CT molecular complexity index is 258. The lowest BCUT2D eigenvalue weighted by Crippen LogP contribution is -2.46. The van der Waals surface area contributed by atoms with Crippen LogP contribution in [0.15, 0.2) is 0 Å². The summed E-state index contributed by atoms with van der Waals surface area (Å²) in [6.07, 6.45) is 4.46. The summed E-state index contributed by atoms with van der Waals surface area (Å²) in [7, 11) is 2.99. The predicted octanol–water partition coefficient (Wildman–Crippen LogP) is 2.18. The molecule has 1 fully saturated rings. The van der Waals surface area contributed by atoms with Gasteiger partial charge in [0.05, 0.1) is 5.25 Å². The van der Waals surface area contributed by atoms with Crippen molar-refractivity contribution < 1.29 is 8.95 Å². The summed E-state index contributed by atoms with van der Waals surface area (Å²) >= 11 is 0. The topological polar surface area (TPSA) is 38.3 Å². The van der Waals surface area contributed by atoms with Crippen molar-refractivity contribution in [3.05, 3.63) is 0 Å². The summed E-state index contributed by atoms with van der Waals surface area (Å²) in [5, 5.41) is 3.69. The van der Waals surface area contributed by atoms with Crippen LogP contribution >= 0.6 is 0 Å². The van der Waals surface area contributed by atoms with Crippen LogP contribution in [0.1, 0.15) is 39.5 Å². The molecule has 108 valence electrons. The van der Waals surface area contributed by atoms with Gasteiger partial charge in [0.15, 0.2) is 0 Å². The van der Waals surface area contributed by atoms with E-state index >= 15 is 0 Å². The number of ether oxygens (including phenoxy) is 1. The Hall–Kier alpha value is 0.0700. The molecule has 0 aromatic carbocycles. The van der Waals surface area contributed by atoms with Gasteiger partial charge in [-0.2, -0.15) is 0 Å². The molecular formula is C14H29NO2S. The molecule has 18 heavy (non-hydrogen) atoms. The summed E-state index contributed by atoms with van der Waals surface area (Å²) in [6.45, 7) is 5.29. The van der Waals surface area contributed by atoms with Crippen LogP contribution in [0, 0.1) is 11.8 Å². The zero-order valence-electron chi connectivity index (χ0n) is 12.3. The second-order valence-electron chi connectivity index (χ2n) is 5.68. The Kier molecular flexibility index (Phi) is 7.42. The lowest BCUT2D eigenvalue weighted by atomic mass is 9.79. The molecule has 4 heteroatoms. The molecule has 1 aliphatic carbocycles. The zero-order valence-corrected chi connectivity index (χ0v) is 13.1. The molecule has 0 heterocycles. The number of hydrogen-bond acceptors (Lipinski definition) is 3. The Morgan fingerprint density at radius 3 is 2.67 bits per heavy atom. The van der Waals surface area contributed by atoms with Crippen LogP contribution in [-0.4, -0.2) is 42.0 Å². The first kappa shape index (κ1) is 16.1. The minimum atomic E-state index is -0.718. The first-order valence-corrected chi connectivity index (χ1v) is 8.51. The van der Waals surface area contributed by atoms with E-state index in [4.69, 9.17) is 4.74 Å². The van der Waals surface area contributed by atoms with E-state index in [9.17, 15) is 4.21 Å². The highest BCUT2D eigenvalue weighted by molar-refractivity contribution is 7.85. The van der Waals surface area contributed by atoms with Crippen LogP contribution in [0.2, 0.25) is 0 Å². The average molecular weight is 275 g/mol. The second-order valence-corrected chi connectivity index (χ2v) is 7.46. The normalized spacial score (nSPS) is 30.6. The Labute approximate surface area is 115 Å². The van der Waals surface area contributed by atoms with E-state index in [-0.39, 0.29) is 0 Å². The van der Waals surface area contributed by atoms with Crippen LogP contribution in [0.5, 0.6) is 0 Å². The Morgan fingerprint density at radius 1 is 1.39 bits per heavy atom. The highest BCUT2D eigenvalue weighted by Crippen LogP contribution is 2.32. The minimum absolute atomic E-state index is 0.327. The smallest absolute Gasteiger partial charge is 0.0503 e. The van der Waals surface area contributed by atoms with E-state index in [2.05, 4.69) is 19.2 Å². The van der Waals surface area contributed by atoms with E-state index in [1.165, 1.54) is 12.8 Å². The van der Waals surface area contributed by atoms with Crippen molar-refractivity contribution in [1.82, 2.24) is 5.32 Å². The summed E-state index contributed by atoms with van der Waals surface area (Å²) < 4.78 is 17.5. The summed E-state index contributed by atoms with van der Waals surface area (Å²) in [5.74, 6) is 2.23. The monoisotopic (exact) mass is 275 g/mol. The maximum atomic E-state index is 12.4. The van der Waals surface area contributed by atoms with E-state index in [0.717, 1.165) is 31.1 Å². The third-order valence-electron chi connectivity index (χ3n) is 4.18. The standard InChI is InChI=1S/C14H29NO2S/c1-11(2)12-6-7-13(15-3)14(10-12)18(16)9-5-8-17-4/h11-15H,5-10H2,1-4H3. The zero-order chi connectivity index (χ0) is 13.5. The highest BCUT2D eigenvalue weighted by Gasteiger charge is 2.34. The van der Waals surface area contributed by atoms with Gasteiger partial charge in [0, 0.05) is 36.3 Å². The van der Waals surface area contributed by atoms with Gasteiger partial charge >= 0.3 is 0 Å². The van der Waals surface area contributed by atoms with E-state index in [1.54, 1.807) is 7.11 Å². The third-order valence-corrected chi connectivity index (χ3v) is 6.06. The first-order chi connectivity index (χ1) is 8.60. The van der Waals surface area contributed by atoms with Crippen molar-refractivity contribution in [3.63, 3.8) is 0 Å². The maximum absolute atomic E-state index is 12.4. The molecule has 0 aromatic rings. The Balaban J connectivity index is 2.53. The fourth-order valence-corrected chi connectivity index (χ4v) is 4.69. The van der Waals surface area contributed by atoms with Crippen molar-refractivity contribution in [2.75, 3.05) is 26.5 Å². The first-order valence-electron chi connectivity index (χ1n) is 7.13. The molecule has 1 N–H and O–H groups in total. The number of methoxy groups -OCH3 is 1. The molecular weight excluding hydrogens is 246 g/mol. The third kappa shape index (κ3) is 4.63. The van der Waals surface area contributed by atoms with Crippen molar-refractivity contribution in [3.8, 4) is 0 Å². The molecule has 1 aliphatic rings. The summed E-state index contributed by atoms with van der Waals surface area (Å²) in [6, 6.07) is 0.434. The number of nitrogens with one attached hydrogen (secondary N) is 1. The molecule has 0 bridgehead atoms. The fraction of sp³-hybridized carbons (Fsp3) is 1.00. The van der Waals surface area contributed by atoms with Crippen LogP contribution in [0.3, 0.4) is 0 Å². The molecule has 0 aliphatic heterocycles. The average Bonchev–Trinajstić information content (AvgIpc) is 2.38. The van der Waals surface area contributed by atoms with Gasteiger partial charge in [0.1, 0.15) is 0 Å². The lowest BCUT2D eigenvalue weighted by molar-refractivity contribution is 0.199. The van der Waals surface area contributed by atoms with Gasteiger partial charge in [0.2, 0.25) is 0 Å². The van der Waals surface area contributed by atoms with E-state index in [0.29, 0.717) is 17.2 Å². The van der Waals surface area contributed by atoms with E-state index in [1.807, 2.05) is 7.05 Å². The van der Waals surface area contributed by atoms with Crippen LogP contribution in [-0.2, 0) is 15.5 Å². The Morgan fingerprint density at radius 2 is 2.11 bits per heavy atom. The largest absolute Gasteiger partial charge is 0.385 e. The molecule has 0 radical (unpaired) electrons. The predicted molar refractivity (Wildman–Crippen MR) is 78.3 cm³/mol. The molecule has 1 rings (SSSR count). The number of hydrogen-bond donors (Lipinski definition) is 1. The molecule has 0 amide bonds. The highest BCUT2D eigenvalue weighted by atomic mass is 32.2. The quantitative estimate of drug-likeness (QED) is 0.724. The molecule has 0 spiro atoms. The van der Waals surface area contributed by atoms with E-state index < -0.39 is 10.8 Å². The fourth-order valence-electron chi connectivity index (χ4n) is 2.88. The minimum Gasteiger partial charge on any atom is -0.385 e. The molecule has 1 saturated carbocycles. The van der Waals surface area contributed by atoms with Gasteiger partial charge in [-0.3, -0.25) is 4.21 Å². The van der Waals surface area contributed by atoms with Crippen molar-refractivity contribution in [2.45, 2.75) is 50.8 Å². The van der Waals surface area contributed by atoms with Gasteiger partial charge in [0.25, 0.3) is 0 Å². The van der Waals surface area contributed by atoms with Gasteiger partial charge in [-0.1, -0.05) is 13.8 Å². The molecule has 0 aromatic heterocycles. The van der Waals surface area contributed by atoms with Gasteiger partial charge in [-0.25, -0.2) is 0 Å². The van der Waals surface area contributed by atoms with Crippen molar-refractivity contribution >= 4 is 10.8 Å².